The molecule has 4 aromatic rings. The van der Waals surface area contributed by atoms with Crippen molar-refractivity contribution in [3.63, 3.8) is 0 Å². The summed E-state index contributed by atoms with van der Waals surface area (Å²) in [5, 5.41) is 21.6. The number of ether oxygens (including phenoxy) is 2. The standard InChI is InChI=1S/C24H25ClN4O2.C17H22BrN3O2.C7H5BClNO2/c1-27-19-11-17(10-18(25)13-19)15-4-5-16-14-23(8-6-20(30-3)7-9-23)24(21(16)12-15)28-22(26)29(2)31-24;1-21-15(19)20-17(23-21)14-9-12(18)4-3-11(14)10-16(17)7-5-13(22-2)6-8-16;1-10-7-3-5(8(11)12)2-6(9)4-7/h4-5,10-13,20H,6-9,14H2,2-3H3,(H2,26,28);3-4,9,13H,5-8,10H2,1-2H3,(H2,19,20);2-4,11-12H. The first-order valence-electron chi connectivity index (χ1n) is 21.8. The molecule has 2 unspecified atom stereocenters. The Morgan fingerprint density at radius 2 is 1.17 bits per heavy atom. The van der Waals surface area contributed by atoms with Gasteiger partial charge in [0, 0.05) is 64.8 Å². The quantitative estimate of drug-likeness (QED) is 0.115. The SMILES string of the molecule is COC1CCC2(CC1)Cc1ccc(Br)cc1C21N=C(N)N(C)O1.[C-]#[N+]c1cc(Cl)cc(-c2ccc3c(c2)C2(N=C(N)N(C)O2)C2(CCC(OC)CC2)C3)c1.[C-]#[N+]c1cc(Cl)cc(B(O)O)c1. The number of hydrogen-bond donors (Lipinski definition) is 4. The zero-order valence-electron chi connectivity index (χ0n) is 37.2. The Kier molecular flexibility index (Phi) is 13.6. The molecule has 344 valence electrons. The van der Waals surface area contributed by atoms with Crippen molar-refractivity contribution in [2.75, 3.05) is 28.3 Å². The van der Waals surface area contributed by atoms with Crippen LogP contribution in [0.1, 0.15) is 73.6 Å². The second-order valence-corrected chi connectivity index (χ2v) is 19.7. The van der Waals surface area contributed by atoms with E-state index in [0.717, 1.165) is 90.9 Å². The second kappa shape index (κ2) is 18.8. The summed E-state index contributed by atoms with van der Waals surface area (Å²) < 4.78 is 12.2. The molecule has 0 saturated heterocycles. The summed E-state index contributed by atoms with van der Waals surface area (Å²) >= 11 is 15.5. The van der Waals surface area contributed by atoms with E-state index in [1.807, 2.05) is 26.2 Å². The van der Waals surface area contributed by atoms with Crippen molar-refractivity contribution in [2.24, 2.45) is 32.3 Å². The van der Waals surface area contributed by atoms with Gasteiger partial charge in [0.2, 0.25) is 23.4 Å². The number of aliphatic imine (C=N–C) groups is 2. The fourth-order valence-electron chi connectivity index (χ4n) is 10.8. The Morgan fingerprint density at radius 1 is 0.697 bits per heavy atom. The monoisotopic (exact) mass is 996 g/mol. The number of benzene rings is 4. The lowest BCUT2D eigenvalue weighted by atomic mass is 9.66. The number of nitrogens with two attached hydrogens (primary N) is 2. The van der Waals surface area contributed by atoms with Crippen molar-refractivity contribution >= 4 is 75.0 Å². The molecule has 4 spiro atoms. The van der Waals surface area contributed by atoms with Gasteiger partial charge in [0.05, 0.1) is 25.4 Å². The first kappa shape index (κ1) is 47.8. The maximum absolute atomic E-state index is 8.76. The largest absolute Gasteiger partial charge is 0.487 e. The Hall–Kier alpha value is -4.72. The first-order valence-corrected chi connectivity index (χ1v) is 23.3. The summed E-state index contributed by atoms with van der Waals surface area (Å²) in [7, 11) is 5.65. The maximum atomic E-state index is 8.76. The summed E-state index contributed by atoms with van der Waals surface area (Å²) in [5.74, 6) is 0.843. The lowest BCUT2D eigenvalue weighted by Gasteiger charge is -2.45. The molecule has 4 aromatic carbocycles. The molecule has 2 heterocycles. The van der Waals surface area contributed by atoms with Crippen LogP contribution in [0, 0.1) is 24.0 Å². The number of halogens is 3. The van der Waals surface area contributed by atoms with Crippen LogP contribution in [0.4, 0.5) is 11.4 Å². The van der Waals surface area contributed by atoms with Crippen LogP contribution in [0.15, 0.2) is 87.3 Å². The van der Waals surface area contributed by atoms with E-state index in [-0.39, 0.29) is 22.4 Å². The van der Waals surface area contributed by atoms with Gasteiger partial charge in [0.1, 0.15) is 0 Å². The van der Waals surface area contributed by atoms with Crippen LogP contribution in [-0.2, 0) is 43.4 Å². The van der Waals surface area contributed by atoms with Crippen LogP contribution >= 0.6 is 39.1 Å². The van der Waals surface area contributed by atoms with Crippen molar-refractivity contribution in [3.8, 4) is 11.1 Å². The van der Waals surface area contributed by atoms with Crippen molar-refractivity contribution in [1.29, 1.82) is 0 Å². The van der Waals surface area contributed by atoms with Gasteiger partial charge < -0.3 is 31.0 Å². The summed E-state index contributed by atoms with van der Waals surface area (Å²) in [4.78, 5) is 29.2. The van der Waals surface area contributed by atoms with E-state index in [9.17, 15) is 0 Å². The van der Waals surface area contributed by atoms with E-state index < -0.39 is 18.6 Å². The Labute approximate surface area is 404 Å². The third-order valence-corrected chi connectivity index (χ3v) is 15.2. The lowest BCUT2D eigenvalue weighted by molar-refractivity contribution is -0.232. The van der Waals surface area contributed by atoms with Gasteiger partial charge in [-0.25, -0.2) is 39.5 Å². The molecule has 14 nitrogen and oxygen atoms in total. The van der Waals surface area contributed by atoms with Crippen molar-refractivity contribution < 1.29 is 29.2 Å². The minimum Gasteiger partial charge on any atom is -0.423 e. The van der Waals surface area contributed by atoms with Crippen LogP contribution < -0.4 is 16.9 Å². The van der Waals surface area contributed by atoms with Gasteiger partial charge in [0.15, 0.2) is 11.4 Å². The smallest absolute Gasteiger partial charge is 0.423 e. The van der Waals surface area contributed by atoms with E-state index in [1.165, 1.54) is 29.3 Å². The van der Waals surface area contributed by atoms with Crippen LogP contribution in [0.25, 0.3) is 20.8 Å². The molecule has 4 aliphatic carbocycles. The molecule has 66 heavy (non-hydrogen) atoms. The molecule has 6 aliphatic rings. The number of nitrogens with zero attached hydrogens (tertiary/aromatic N) is 6. The Balaban J connectivity index is 0.000000148. The molecule has 18 heteroatoms. The molecular weight excluding hydrogens is 946 g/mol. The minimum atomic E-state index is -1.58. The number of hydrogen-bond acceptors (Lipinski definition) is 12. The molecule has 0 radical (unpaired) electrons. The van der Waals surface area contributed by atoms with Crippen molar-refractivity contribution in [3.05, 3.63) is 132 Å². The average molecular weight is 999 g/mol. The Morgan fingerprint density at radius 3 is 1.62 bits per heavy atom. The van der Waals surface area contributed by atoms with Crippen molar-refractivity contribution in [1.82, 2.24) is 10.1 Å². The molecule has 10 rings (SSSR count). The molecule has 2 fully saturated rings. The van der Waals surface area contributed by atoms with Gasteiger partial charge >= 0.3 is 7.12 Å². The number of fused-ring (bicyclic) bond motifs is 6. The van der Waals surface area contributed by atoms with Crippen LogP contribution in [0.5, 0.6) is 0 Å². The normalized spacial score (nSPS) is 27.9. The third-order valence-electron chi connectivity index (χ3n) is 14.3. The molecular formula is C48H52BBrCl2N8O6. The molecule has 2 atom stereocenters. The highest BCUT2D eigenvalue weighted by atomic mass is 79.9. The van der Waals surface area contributed by atoms with Crippen molar-refractivity contribution in [2.45, 2.75) is 87.9 Å². The lowest BCUT2D eigenvalue weighted by Crippen LogP contribution is -2.46. The van der Waals surface area contributed by atoms with E-state index >= 15 is 0 Å². The van der Waals surface area contributed by atoms with E-state index in [0.29, 0.717) is 39.4 Å². The van der Waals surface area contributed by atoms with Gasteiger partial charge in [-0.05, 0) is 140 Å². The average Bonchev–Trinajstić information content (AvgIpc) is 3.96. The minimum absolute atomic E-state index is 0.0411. The van der Waals surface area contributed by atoms with E-state index in [4.69, 9.17) is 87.0 Å². The zero-order valence-corrected chi connectivity index (χ0v) is 40.3. The van der Waals surface area contributed by atoms with E-state index in [2.05, 4.69) is 62.0 Å². The fourth-order valence-corrected chi connectivity index (χ4v) is 11.7. The molecule has 2 aliphatic heterocycles. The molecule has 2 saturated carbocycles. The van der Waals surface area contributed by atoms with Gasteiger partial charge in [-0.15, -0.1) is 0 Å². The van der Waals surface area contributed by atoms with Gasteiger partial charge in [0.25, 0.3) is 0 Å². The number of guanidine groups is 2. The molecule has 6 N–H and O–H groups in total. The summed E-state index contributed by atoms with van der Waals surface area (Å²) in [6, 6.07) is 22.5. The van der Waals surface area contributed by atoms with Crippen LogP contribution in [-0.4, -0.2) is 79.7 Å². The van der Waals surface area contributed by atoms with Gasteiger partial charge in [-0.3, -0.25) is 0 Å². The molecule has 0 aromatic heterocycles. The topological polar surface area (TPSA) is 169 Å². The fraction of sp³-hybridized carbons (Fsp3) is 0.417. The highest BCUT2D eigenvalue weighted by Gasteiger charge is 2.64. The molecule has 0 bridgehead atoms. The highest BCUT2D eigenvalue weighted by Crippen LogP contribution is 2.63. The van der Waals surface area contributed by atoms with Crippen LogP contribution in [0.3, 0.4) is 0 Å². The Bertz CT molecular complexity index is 2660. The first-order chi connectivity index (χ1) is 31.5. The van der Waals surface area contributed by atoms with Gasteiger partial charge in [-0.2, -0.15) is 0 Å². The number of rotatable bonds is 4. The highest BCUT2D eigenvalue weighted by molar-refractivity contribution is 9.10. The number of methoxy groups -OCH3 is 2. The zero-order chi connectivity index (χ0) is 47.2. The predicted molar refractivity (Wildman–Crippen MR) is 260 cm³/mol. The number of hydroxylamine groups is 4. The maximum Gasteiger partial charge on any atom is 0.487 e. The van der Waals surface area contributed by atoms with E-state index in [1.54, 1.807) is 30.4 Å². The summed E-state index contributed by atoms with van der Waals surface area (Å²) in [5.41, 5.74) is 18.3. The summed E-state index contributed by atoms with van der Waals surface area (Å²) in [6.07, 6.45) is 10.5. The third kappa shape index (κ3) is 8.57. The molecule has 0 amide bonds. The second-order valence-electron chi connectivity index (χ2n) is 17.9. The van der Waals surface area contributed by atoms with Gasteiger partial charge in [-0.1, -0.05) is 63.4 Å². The summed E-state index contributed by atoms with van der Waals surface area (Å²) in [6.45, 7) is 14.0. The van der Waals surface area contributed by atoms with Crippen LogP contribution in [0.2, 0.25) is 10.0 Å². The predicted octanol–water partition coefficient (Wildman–Crippen LogP) is 8.53.